The van der Waals surface area contributed by atoms with Crippen molar-refractivity contribution in [1.29, 1.82) is 0 Å². The summed E-state index contributed by atoms with van der Waals surface area (Å²) in [7, 11) is 0. The first-order valence-corrected chi connectivity index (χ1v) is 6.87. The molecule has 0 aromatic heterocycles. The van der Waals surface area contributed by atoms with E-state index in [0.717, 1.165) is 19.6 Å². The Labute approximate surface area is 117 Å². The van der Waals surface area contributed by atoms with Crippen molar-refractivity contribution in [2.24, 2.45) is 0 Å². The van der Waals surface area contributed by atoms with Crippen molar-refractivity contribution in [3.63, 3.8) is 0 Å². The Balaban J connectivity index is 1.71. The average Bonchev–Trinajstić information content (AvgIpc) is 2.67. The molecule has 2 aliphatic rings. The molecule has 0 atom stereocenters. The maximum Gasteiger partial charge on any atom is 0.324 e. The summed E-state index contributed by atoms with van der Waals surface area (Å²) >= 11 is 0. The molecular weight excluding hydrogens is 256 g/mol. The number of anilines is 1. The van der Waals surface area contributed by atoms with Gasteiger partial charge in [0, 0.05) is 38.4 Å². The number of urea groups is 1. The molecule has 2 aliphatic heterocycles. The number of hydrogen-bond donors (Lipinski definition) is 2. The fraction of sp³-hybridized carbons (Fsp3) is 0.429. The summed E-state index contributed by atoms with van der Waals surface area (Å²) in [5, 5.41) is 5.92. The number of carbonyl (C=O) groups is 2. The molecule has 2 heterocycles. The third-order valence-corrected chi connectivity index (χ3v) is 3.74. The van der Waals surface area contributed by atoms with E-state index in [9.17, 15) is 9.59 Å². The van der Waals surface area contributed by atoms with Crippen LogP contribution in [0.4, 0.5) is 10.5 Å². The van der Waals surface area contributed by atoms with Crippen LogP contribution >= 0.6 is 0 Å². The fourth-order valence-corrected chi connectivity index (χ4v) is 2.66. The summed E-state index contributed by atoms with van der Waals surface area (Å²) in [4.78, 5) is 26.6. The van der Waals surface area contributed by atoms with Gasteiger partial charge in [0.25, 0.3) is 0 Å². The molecule has 1 saturated heterocycles. The van der Waals surface area contributed by atoms with Gasteiger partial charge in [0.15, 0.2) is 0 Å². The molecule has 0 aliphatic carbocycles. The third-order valence-electron chi connectivity index (χ3n) is 3.74. The molecule has 3 amide bonds. The minimum Gasteiger partial charge on any atom is -0.368 e. The zero-order chi connectivity index (χ0) is 13.9. The SMILES string of the molecule is O=C1CNC(=O)N1CCN1CCNCc2ccccc21. The molecule has 106 valence electrons. The highest BCUT2D eigenvalue weighted by Crippen LogP contribution is 2.21. The number of nitrogens with one attached hydrogen (secondary N) is 2. The van der Waals surface area contributed by atoms with Crippen LogP contribution in [-0.4, -0.2) is 49.6 Å². The fourth-order valence-electron chi connectivity index (χ4n) is 2.66. The molecule has 0 radical (unpaired) electrons. The predicted molar refractivity (Wildman–Crippen MR) is 75.5 cm³/mol. The molecule has 3 rings (SSSR count). The van der Waals surface area contributed by atoms with E-state index in [1.165, 1.54) is 16.2 Å². The Morgan fingerprint density at radius 3 is 2.75 bits per heavy atom. The second-order valence-electron chi connectivity index (χ2n) is 5.00. The lowest BCUT2D eigenvalue weighted by Crippen LogP contribution is -2.40. The normalized spacial score (nSPS) is 18.8. The van der Waals surface area contributed by atoms with Crippen LogP contribution in [0, 0.1) is 0 Å². The Morgan fingerprint density at radius 2 is 1.95 bits per heavy atom. The summed E-state index contributed by atoms with van der Waals surface area (Å²) in [6.45, 7) is 3.85. The standard InChI is InChI=1S/C14H18N4O2/c19-13-10-16-14(20)18(13)8-7-17-6-5-15-9-11-3-1-2-4-12(11)17/h1-4,15H,5-10H2,(H,16,20). The third kappa shape index (κ3) is 2.46. The highest BCUT2D eigenvalue weighted by molar-refractivity contribution is 6.01. The molecule has 1 fully saturated rings. The Kier molecular flexibility index (Phi) is 3.56. The van der Waals surface area contributed by atoms with Gasteiger partial charge in [-0.3, -0.25) is 9.69 Å². The molecule has 0 spiro atoms. The zero-order valence-corrected chi connectivity index (χ0v) is 11.3. The van der Waals surface area contributed by atoms with Gasteiger partial charge in [-0.2, -0.15) is 0 Å². The van der Waals surface area contributed by atoms with Crippen molar-refractivity contribution >= 4 is 17.6 Å². The number of carbonyl (C=O) groups excluding carboxylic acids is 2. The van der Waals surface area contributed by atoms with E-state index in [1.54, 1.807) is 0 Å². The van der Waals surface area contributed by atoms with Crippen LogP contribution in [0.5, 0.6) is 0 Å². The van der Waals surface area contributed by atoms with E-state index < -0.39 is 0 Å². The summed E-state index contributed by atoms with van der Waals surface area (Å²) in [6, 6.07) is 7.96. The minimum absolute atomic E-state index is 0.122. The molecule has 2 N–H and O–H groups in total. The smallest absolute Gasteiger partial charge is 0.324 e. The molecule has 1 aromatic carbocycles. The van der Waals surface area contributed by atoms with E-state index in [-0.39, 0.29) is 18.5 Å². The van der Waals surface area contributed by atoms with Crippen molar-refractivity contribution < 1.29 is 9.59 Å². The van der Waals surface area contributed by atoms with Gasteiger partial charge < -0.3 is 15.5 Å². The Morgan fingerprint density at radius 1 is 1.10 bits per heavy atom. The first kappa shape index (κ1) is 12.9. The predicted octanol–water partition coefficient (Wildman–Crippen LogP) is 0.148. The first-order valence-electron chi connectivity index (χ1n) is 6.87. The van der Waals surface area contributed by atoms with Crippen LogP contribution < -0.4 is 15.5 Å². The van der Waals surface area contributed by atoms with Crippen LogP contribution in [0.1, 0.15) is 5.56 Å². The maximum absolute atomic E-state index is 11.6. The van der Waals surface area contributed by atoms with Gasteiger partial charge in [0.2, 0.25) is 5.91 Å². The number of imide groups is 1. The molecule has 6 nitrogen and oxygen atoms in total. The quantitative estimate of drug-likeness (QED) is 0.770. The molecule has 0 saturated carbocycles. The van der Waals surface area contributed by atoms with Crippen molar-refractivity contribution in [3.05, 3.63) is 29.8 Å². The molecule has 20 heavy (non-hydrogen) atoms. The van der Waals surface area contributed by atoms with Gasteiger partial charge in [0.1, 0.15) is 0 Å². The van der Waals surface area contributed by atoms with Crippen molar-refractivity contribution in [1.82, 2.24) is 15.5 Å². The lowest BCUT2D eigenvalue weighted by molar-refractivity contribution is -0.124. The molecular formula is C14H18N4O2. The topological polar surface area (TPSA) is 64.7 Å². The van der Waals surface area contributed by atoms with E-state index in [4.69, 9.17) is 0 Å². The molecule has 0 unspecified atom stereocenters. The highest BCUT2D eigenvalue weighted by Gasteiger charge is 2.28. The average molecular weight is 274 g/mol. The maximum atomic E-state index is 11.6. The van der Waals surface area contributed by atoms with E-state index in [2.05, 4.69) is 27.7 Å². The largest absolute Gasteiger partial charge is 0.368 e. The Hall–Kier alpha value is -2.08. The van der Waals surface area contributed by atoms with Gasteiger partial charge in [-0.25, -0.2) is 4.79 Å². The van der Waals surface area contributed by atoms with Crippen LogP contribution in [0.15, 0.2) is 24.3 Å². The Bertz CT molecular complexity index is 516. The monoisotopic (exact) mass is 274 g/mol. The second kappa shape index (κ2) is 5.50. The number of amides is 3. The first-order chi connectivity index (χ1) is 9.75. The highest BCUT2D eigenvalue weighted by atomic mass is 16.2. The van der Waals surface area contributed by atoms with Gasteiger partial charge in [-0.05, 0) is 11.6 Å². The number of rotatable bonds is 3. The zero-order valence-electron chi connectivity index (χ0n) is 11.3. The van der Waals surface area contributed by atoms with E-state index in [1.807, 2.05) is 12.1 Å². The molecule has 1 aromatic rings. The summed E-state index contributed by atoms with van der Waals surface area (Å²) in [6.07, 6.45) is 0. The van der Waals surface area contributed by atoms with Gasteiger partial charge >= 0.3 is 6.03 Å². The number of benzene rings is 1. The van der Waals surface area contributed by atoms with Gasteiger partial charge in [-0.15, -0.1) is 0 Å². The van der Waals surface area contributed by atoms with Crippen LogP contribution in [0.25, 0.3) is 0 Å². The van der Waals surface area contributed by atoms with Gasteiger partial charge in [-0.1, -0.05) is 18.2 Å². The summed E-state index contributed by atoms with van der Waals surface area (Å²) in [5.74, 6) is -0.142. The lowest BCUT2D eigenvalue weighted by atomic mass is 10.1. The number of hydrogen-bond acceptors (Lipinski definition) is 4. The van der Waals surface area contributed by atoms with Crippen molar-refractivity contribution in [2.75, 3.05) is 37.6 Å². The summed E-state index contributed by atoms with van der Waals surface area (Å²) < 4.78 is 0. The minimum atomic E-state index is -0.281. The van der Waals surface area contributed by atoms with Crippen molar-refractivity contribution in [3.8, 4) is 0 Å². The number of para-hydroxylation sites is 1. The van der Waals surface area contributed by atoms with E-state index in [0.29, 0.717) is 13.1 Å². The number of nitrogens with zero attached hydrogens (tertiary/aromatic N) is 2. The van der Waals surface area contributed by atoms with Crippen LogP contribution in [-0.2, 0) is 11.3 Å². The summed E-state index contributed by atoms with van der Waals surface area (Å²) in [5.41, 5.74) is 2.44. The second-order valence-corrected chi connectivity index (χ2v) is 5.00. The number of fused-ring (bicyclic) bond motifs is 1. The van der Waals surface area contributed by atoms with Crippen LogP contribution in [0.3, 0.4) is 0 Å². The van der Waals surface area contributed by atoms with E-state index >= 15 is 0 Å². The molecule has 0 bridgehead atoms. The van der Waals surface area contributed by atoms with Gasteiger partial charge in [0.05, 0.1) is 6.54 Å². The lowest BCUT2D eigenvalue weighted by Gasteiger charge is -2.26. The van der Waals surface area contributed by atoms with Crippen molar-refractivity contribution in [2.45, 2.75) is 6.54 Å². The molecule has 6 heteroatoms. The van der Waals surface area contributed by atoms with Crippen LogP contribution in [0.2, 0.25) is 0 Å².